The molecule has 0 unspecified atom stereocenters. The average molecular weight is 398 g/mol. The van der Waals surface area contributed by atoms with Crippen LogP contribution in [0.15, 0.2) is 36.5 Å². The van der Waals surface area contributed by atoms with Gasteiger partial charge < -0.3 is 19.5 Å². The molecule has 8 nitrogen and oxygen atoms in total. The fraction of sp³-hybridized carbons (Fsp3) is 0.381. The fourth-order valence-electron chi connectivity index (χ4n) is 2.83. The van der Waals surface area contributed by atoms with E-state index in [2.05, 4.69) is 15.4 Å². The number of nitrogens with zero attached hydrogens (tertiary/aromatic N) is 3. The lowest BCUT2D eigenvalue weighted by atomic mass is 10.1. The van der Waals surface area contributed by atoms with Gasteiger partial charge in [-0.2, -0.15) is 10.1 Å². The third-order valence-electron chi connectivity index (χ3n) is 4.77. The van der Waals surface area contributed by atoms with Gasteiger partial charge in [-0.05, 0) is 38.5 Å². The maximum Gasteiger partial charge on any atom is 0.256 e. The zero-order valence-electron chi connectivity index (χ0n) is 17.4. The van der Waals surface area contributed by atoms with Crippen molar-refractivity contribution in [2.45, 2.75) is 32.4 Å². The minimum Gasteiger partial charge on any atom is -0.494 e. The smallest absolute Gasteiger partial charge is 0.256 e. The van der Waals surface area contributed by atoms with Crippen LogP contribution < -0.4 is 14.8 Å². The summed E-state index contributed by atoms with van der Waals surface area (Å²) in [5.74, 6) is 1.08. The maximum absolute atomic E-state index is 12.7. The van der Waals surface area contributed by atoms with E-state index in [1.165, 1.54) is 7.11 Å². The molecule has 0 aliphatic carbocycles. The van der Waals surface area contributed by atoms with Crippen molar-refractivity contribution in [2.75, 3.05) is 26.6 Å². The number of aryl methyl sites for hydroxylation is 1. The van der Waals surface area contributed by atoms with Gasteiger partial charge in [-0.1, -0.05) is 6.07 Å². The van der Waals surface area contributed by atoms with E-state index >= 15 is 0 Å². The van der Waals surface area contributed by atoms with Gasteiger partial charge in [-0.15, -0.1) is 0 Å². The number of pyridine rings is 1. The van der Waals surface area contributed by atoms with E-state index in [9.17, 15) is 4.79 Å². The summed E-state index contributed by atoms with van der Waals surface area (Å²) < 4.78 is 17.9. The Balaban J connectivity index is 1.85. The number of methoxy groups -OCH3 is 3. The van der Waals surface area contributed by atoms with E-state index in [0.29, 0.717) is 35.1 Å². The van der Waals surface area contributed by atoms with Crippen LogP contribution >= 0.6 is 0 Å². The number of aromatic nitrogens is 3. The Morgan fingerprint density at radius 3 is 2.66 bits per heavy atom. The van der Waals surface area contributed by atoms with Crippen molar-refractivity contribution in [2.24, 2.45) is 0 Å². The molecule has 0 atom stereocenters. The molecule has 0 bridgehead atoms. The Bertz CT molecular complexity index is 1010. The summed E-state index contributed by atoms with van der Waals surface area (Å²) in [5.41, 5.74) is 0.923. The van der Waals surface area contributed by atoms with Crippen LogP contribution in [0, 0.1) is 0 Å². The molecule has 1 N–H and O–H groups in total. The molecule has 0 radical (unpaired) electrons. The number of rotatable bonds is 8. The van der Waals surface area contributed by atoms with Crippen LogP contribution in [0.1, 0.15) is 30.6 Å². The molecule has 0 saturated carbocycles. The van der Waals surface area contributed by atoms with E-state index in [1.54, 1.807) is 44.6 Å². The number of hydrogen-bond acceptors (Lipinski definition) is 6. The normalized spacial score (nSPS) is 11.5. The SMILES string of the molecule is COc1cccc(NC(=O)c2cc(OC)c3nn(CCC(C)(C)OC)cc3c2)n1. The van der Waals surface area contributed by atoms with E-state index in [1.807, 2.05) is 24.7 Å². The van der Waals surface area contributed by atoms with Crippen LogP contribution in [-0.2, 0) is 11.3 Å². The summed E-state index contributed by atoms with van der Waals surface area (Å²) in [5, 5.41) is 8.21. The topological polar surface area (TPSA) is 87.5 Å². The van der Waals surface area contributed by atoms with Crippen molar-refractivity contribution < 1.29 is 19.0 Å². The van der Waals surface area contributed by atoms with Gasteiger partial charge >= 0.3 is 0 Å². The minimum absolute atomic E-state index is 0.239. The first-order valence-electron chi connectivity index (χ1n) is 9.28. The minimum atomic E-state index is -0.292. The number of carbonyl (C=O) groups excluding carboxylic acids is 1. The third-order valence-corrected chi connectivity index (χ3v) is 4.77. The van der Waals surface area contributed by atoms with E-state index in [-0.39, 0.29) is 11.5 Å². The van der Waals surface area contributed by atoms with Gasteiger partial charge in [0.1, 0.15) is 17.1 Å². The van der Waals surface area contributed by atoms with Crippen LogP contribution in [0.2, 0.25) is 0 Å². The number of carbonyl (C=O) groups is 1. The molecule has 8 heteroatoms. The van der Waals surface area contributed by atoms with Gasteiger partial charge in [-0.3, -0.25) is 9.48 Å². The summed E-state index contributed by atoms with van der Waals surface area (Å²) in [4.78, 5) is 16.9. The summed E-state index contributed by atoms with van der Waals surface area (Å²) >= 11 is 0. The van der Waals surface area contributed by atoms with Crippen LogP contribution in [0.5, 0.6) is 11.6 Å². The Morgan fingerprint density at radius 2 is 1.97 bits per heavy atom. The van der Waals surface area contributed by atoms with Gasteiger partial charge in [0.05, 0.1) is 19.8 Å². The van der Waals surface area contributed by atoms with E-state index in [4.69, 9.17) is 14.2 Å². The lowest BCUT2D eigenvalue weighted by Crippen LogP contribution is -2.24. The molecule has 3 rings (SSSR count). The van der Waals surface area contributed by atoms with Gasteiger partial charge in [0.2, 0.25) is 5.88 Å². The molecular weight excluding hydrogens is 372 g/mol. The second-order valence-corrected chi connectivity index (χ2v) is 7.24. The molecule has 3 aromatic rings. The van der Waals surface area contributed by atoms with Crippen LogP contribution in [0.3, 0.4) is 0 Å². The molecule has 0 aliphatic rings. The van der Waals surface area contributed by atoms with Crippen LogP contribution in [0.25, 0.3) is 10.9 Å². The predicted octanol–water partition coefficient (Wildman–Crippen LogP) is 3.52. The Labute approximate surface area is 169 Å². The summed E-state index contributed by atoms with van der Waals surface area (Å²) in [7, 11) is 4.79. The Kier molecular flexibility index (Phi) is 6.03. The number of nitrogens with one attached hydrogen (secondary N) is 1. The largest absolute Gasteiger partial charge is 0.494 e. The average Bonchev–Trinajstić information content (AvgIpc) is 3.15. The molecule has 154 valence electrons. The summed E-state index contributed by atoms with van der Waals surface area (Å²) in [6, 6.07) is 8.64. The van der Waals surface area contributed by atoms with Crippen molar-refractivity contribution in [3.05, 3.63) is 42.1 Å². The number of hydrogen-bond donors (Lipinski definition) is 1. The molecule has 2 heterocycles. The first-order valence-corrected chi connectivity index (χ1v) is 9.28. The highest BCUT2D eigenvalue weighted by Gasteiger charge is 2.18. The van der Waals surface area contributed by atoms with Gasteiger partial charge in [0, 0.05) is 36.9 Å². The second-order valence-electron chi connectivity index (χ2n) is 7.24. The number of fused-ring (bicyclic) bond motifs is 1. The first-order chi connectivity index (χ1) is 13.8. The predicted molar refractivity (Wildman–Crippen MR) is 111 cm³/mol. The summed E-state index contributed by atoms with van der Waals surface area (Å²) in [6.45, 7) is 4.76. The highest BCUT2D eigenvalue weighted by Crippen LogP contribution is 2.27. The van der Waals surface area contributed by atoms with Gasteiger partial charge in [-0.25, -0.2) is 0 Å². The molecule has 29 heavy (non-hydrogen) atoms. The molecule has 1 amide bonds. The quantitative estimate of drug-likeness (QED) is 0.625. The lowest BCUT2D eigenvalue weighted by Gasteiger charge is -2.22. The number of benzene rings is 1. The van der Waals surface area contributed by atoms with Crippen molar-refractivity contribution >= 4 is 22.6 Å². The molecule has 0 fully saturated rings. The van der Waals surface area contributed by atoms with Gasteiger partial charge in [0.25, 0.3) is 5.91 Å². The Morgan fingerprint density at radius 1 is 1.17 bits per heavy atom. The summed E-state index contributed by atoms with van der Waals surface area (Å²) in [6.07, 6.45) is 2.71. The zero-order chi connectivity index (χ0) is 21.0. The molecule has 1 aromatic carbocycles. The monoisotopic (exact) mass is 398 g/mol. The van der Waals surface area contributed by atoms with Crippen molar-refractivity contribution in [3.63, 3.8) is 0 Å². The van der Waals surface area contributed by atoms with Crippen LogP contribution in [-0.4, -0.2) is 47.6 Å². The molecular formula is C21H26N4O4. The standard InChI is InChI=1S/C21H26N4O4/c1-21(2,29-5)9-10-25-13-15-11-14(12-16(27-3)19(15)24-25)20(26)23-17-7-6-8-18(22-17)28-4/h6-8,11-13H,9-10H2,1-5H3,(H,22,23,26). The fourth-order valence-corrected chi connectivity index (χ4v) is 2.83. The van der Waals surface area contributed by atoms with Crippen molar-refractivity contribution in [1.82, 2.24) is 14.8 Å². The van der Waals surface area contributed by atoms with Crippen LogP contribution in [0.4, 0.5) is 5.82 Å². The maximum atomic E-state index is 12.7. The first kappa shape index (κ1) is 20.6. The third kappa shape index (κ3) is 4.83. The second kappa shape index (κ2) is 8.48. The molecule has 0 spiro atoms. The molecule has 0 aliphatic heterocycles. The number of amides is 1. The molecule has 2 aromatic heterocycles. The zero-order valence-corrected chi connectivity index (χ0v) is 17.4. The molecule has 0 saturated heterocycles. The number of anilines is 1. The highest BCUT2D eigenvalue weighted by molar-refractivity contribution is 6.06. The van der Waals surface area contributed by atoms with Crippen molar-refractivity contribution in [3.8, 4) is 11.6 Å². The highest BCUT2D eigenvalue weighted by atomic mass is 16.5. The van der Waals surface area contributed by atoms with E-state index in [0.717, 1.165) is 11.8 Å². The van der Waals surface area contributed by atoms with E-state index < -0.39 is 0 Å². The Hall–Kier alpha value is -3.13. The van der Waals surface area contributed by atoms with Gasteiger partial charge in [0.15, 0.2) is 0 Å². The van der Waals surface area contributed by atoms with Crippen molar-refractivity contribution in [1.29, 1.82) is 0 Å². The number of ether oxygens (including phenoxy) is 3. The lowest BCUT2D eigenvalue weighted by molar-refractivity contribution is 0.0113.